The van der Waals surface area contributed by atoms with Crippen LogP contribution in [0, 0.1) is 0 Å². The van der Waals surface area contributed by atoms with E-state index in [1.807, 2.05) is 0 Å². The lowest BCUT2D eigenvalue weighted by atomic mass is 10.1. The van der Waals surface area contributed by atoms with Gasteiger partial charge in [0.1, 0.15) is 0 Å². The van der Waals surface area contributed by atoms with Crippen molar-refractivity contribution in [3.05, 3.63) is 20.3 Å². The van der Waals surface area contributed by atoms with Crippen molar-refractivity contribution in [2.24, 2.45) is 5.73 Å². The van der Waals surface area contributed by atoms with Crippen LogP contribution in [0.3, 0.4) is 0 Å². The van der Waals surface area contributed by atoms with Crippen molar-refractivity contribution in [2.45, 2.75) is 12.5 Å². The molecule has 0 aromatic carbocycles. The summed E-state index contributed by atoms with van der Waals surface area (Å²) in [5, 5.41) is 8.64. The van der Waals surface area contributed by atoms with Crippen molar-refractivity contribution < 1.29 is 5.11 Å². The maximum absolute atomic E-state index is 8.64. The van der Waals surface area contributed by atoms with E-state index in [-0.39, 0.29) is 25.1 Å². The van der Waals surface area contributed by atoms with E-state index in [9.17, 15) is 0 Å². The standard InChI is InChI=1S/C7H9Cl2NOS.ClH/c8-6-3-4(7(9)12-6)5(10)1-2-11;/h3,5,11H,1-2,10H2;1H. The quantitative estimate of drug-likeness (QED) is 0.880. The molecule has 1 rings (SSSR count). The molecule has 1 unspecified atom stereocenters. The highest BCUT2D eigenvalue weighted by atomic mass is 35.5. The molecule has 13 heavy (non-hydrogen) atoms. The zero-order chi connectivity index (χ0) is 9.14. The van der Waals surface area contributed by atoms with Gasteiger partial charge in [0, 0.05) is 12.6 Å². The van der Waals surface area contributed by atoms with Crippen LogP contribution in [0.15, 0.2) is 6.07 Å². The van der Waals surface area contributed by atoms with Crippen molar-refractivity contribution >= 4 is 46.9 Å². The number of halogens is 3. The Hall–Kier alpha value is 0.490. The minimum atomic E-state index is -0.216. The third kappa shape index (κ3) is 3.62. The zero-order valence-electron chi connectivity index (χ0n) is 6.67. The second-order valence-corrected chi connectivity index (χ2v) is 4.68. The fourth-order valence-electron chi connectivity index (χ4n) is 0.900. The van der Waals surface area contributed by atoms with Crippen LogP contribution in [0.25, 0.3) is 0 Å². The summed E-state index contributed by atoms with van der Waals surface area (Å²) in [5.74, 6) is 0. The molecule has 0 amide bonds. The Labute approximate surface area is 97.1 Å². The van der Waals surface area contributed by atoms with Crippen molar-refractivity contribution in [3.8, 4) is 0 Å². The molecule has 0 aliphatic carbocycles. The van der Waals surface area contributed by atoms with Crippen LogP contribution in [-0.4, -0.2) is 11.7 Å². The molecule has 0 bridgehead atoms. The van der Waals surface area contributed by atoms with Gasteiger partial charge in [0.15, 0.2) is 0 Å². The van der Waals surface area contributed by atoms with Gasteiger partial charge in [-0.15, -0.1) is 23.7 Å². The topological polar surface area (TPSA) is 46.2 Å². The maximum atomic E-state index is 8.64. The van der Waals surface area contributed by atoms with E-state index in [1.165, 1.54) is 11.3 Å². The molecule has 0 spiro atoms. The van der Waals surface area contributed by atoms with Gasteiger partial charge in [0.25, 0.3) is 0 Å². The lowest BCUT2D eigenvalue weighted by Crippen LogP contribution is -2.11. The van der Waals surface area contributed by atoms with Gasteiger partial charge in [-0.1, -0.05) is 23.2 Å². The highest BCUT2D eigenvalue weighted by Crippen LogP contribution is 2.34. The molecule has 3 N–H and O–H groups in total. The van der Waals surface area contributed by atoms with Gasteiger partial charge in [-0.2, -0.15) is 0 Å². The lowest BCUT2D eigenvalue weighted by Gasteiger charge is -2.07. The minimum absolute atomic E-state index is 0. The van der Waals surface area contributed by atoms with Gasteiger partial charge in [0.05, 0.1) is 8.67 Å². The summed E-state index contributed by atoms with van der Waals surface area (Å²) < 4.78 is 1.24. The Bertz CT molecular complexity index is 266. The highest BCUT2D eigenvalue weighted by molar-refractivity contribution is 7.20. The Kier molecular flexibility index (Phi) is 6.29. The van der Waals surface area contributed by atoms with Gasteiger partial charge >= 0.3 is 0 Å². The van der Waals surface area contributed by atoms with E-state index < -0.39 is 0 Å². The number of rotatable bonds is 3. The molecule has 1 atom stereocenters. The molecule has 0 aliphatic heterocycles. The number of thiophene rings is 1. The summed E-state index contributed by atoms with van der Waals surface area (Å²) in [6.45, 7) is 0.0605. The van der Waals surface area contributed by atoms with Gasteiger partial charge in [0.2, 0.25) is 0 Å². The average molecular weight is 263 g/mol. The van der Waals surface area contributed by atoms with Gasteiger partial charge in [-0.05, 0) is 18.1 Å². The predicted molar refractivity (Wildman–Crippen MR) is 60.2 cm³/mol. The van der Waals surface area contributed by atoms with Crippen LogP contribution in [0.2, 0.25) is 8.67 Å². The van der Waals surface area contributed by atoms with E-state index in [0.29, 0.717) is 15.1 Å². The third-order valence-corrected chi connectivity index (χ3v) is 3.04. The number of aliphatic hydroxyl groups is 1. The van der Waals surface area contributed by atoms with Crippen molar-refractivity contribution in [1.82, 2.24) is 0 Å². The molecule has 0 saturated carbocycles. The molecular weight excluding hydrogens is 253 g/mol. The number of aliphatic hydroxyl groups excluding tert-OH is 1. The lowest BCUT2D eigenvalue weighted by molar-refractivity contribution is 0.276. The van der Waals surface area contributed by atoms with Crippen LogP contribution in [0.5, 0.6) is 0 Å². The molecule has 0 radical (unpaired) electrons. The van der Waals surface area contributed by atoms with Crippen molar-refractivity contribution in [1.29, 1.82) is 0 Å². The number of nitrogens with two attached hydrogens (primary N) is 1. The second kappa shape index (κ2) is 6.06. The summed E-state index contributed by atoms with van der Waals surface area (Å²) in [6, 6.07) is 1.53. The normalized spacial score (nSPS) is 12.3. The van der Waals surface area contributed by atoms with Crippen molar-refractivity contribution in [3.63, 3.8) is 0 Å². The fourth-order valence-corrected chi connectivity index (χ4v) is 2.50. The van der Waals surface area contributed by atoms with Gasteiger partial charge in [-0.3, -0.25) is 0 Å². The summed E-state index contributed by atoms with van der Waals surface area (Å²) in [4.78, 5) is 0. The first kappa shape index (κ1) is 13.5. The predicted octanol–water partition coefficient (Wildman–Crippen LogP) is 2.86. The Morgan fingerprint density at radius 2 is 2.15 bits per heavy atom. The Morgan fingerprint density at radius 3 is 2.54 bits per heavy atom. The summed E-state index contributed by atoms with van der Waals surface area (Å²) in [6.07, 6.45) is 0.507. The average Bonchev–Trinajstić information content (AvgIpc) is 2.30. The maximum Gasteiger partial charge on any atom is 0.0991 e. The molecule has 2 nitrogen and oxygen atoms in total. The number of hydrogen-bond acceptors (Lipinski definition) is 3. The molecule has 76 valence electrons. The molecule has 1 aromatic heterocycles. The van der Waals surface area contributed by atoms with Gasteiger partial charge in [-0.25, -0.2) is 0 Å². The molecule has 6 heteroatoms. The van der Waals surface area contributed by atoms with E-state index in [0.717, 1.165) is 5.56 Å². The SMILES string of the molecule is Cl.NC(CCO)c1cc(Cl)sc1Cl. The first-order chi connectivity index (χ1) is 5.65. The minimum Gasteiger partial charge on any atom is -0.396 e. The van der Waals surface area contributed by atoms with E-state index >= 15 is 0 Å². The third-order valence-electron chi connectivity index (χ3n) is 1.52. The Morgan fingerprint density at radius 1 is 1.54 bits per heavy atom. The van der Waals surface area contributed by atoms with E-state index in [4.69, 9.17) is 34.0 Å². The number of hydrogen-bond donors (Lipinski definition) is 2. The smallest absolute Gasteiger partial charge is 0.0991 e. The summed E-state index contributed by atoms with van der Waals surface area (Å²) >= 11 is 12.9. The van der Waals surface area contributed by atoms with Crippen LogP contribution < -0.4 is 5.73 Å². The second-order valence-electron chi connectivity index (χ2n) is 2.40. The van der Waals surface area contributed by atoms with E-state index in [2.05, 4.69) is 0 Å². The van der Waals surface area contributed by atoms with Crippen LogP contribution in [-0.2, 0) is 0 Å². The molecule has 0 aliphatic rings. The van der Waals surface area contributed by atoms with Crippen LogP contribution in [0.4, 0.5) is 0 Å². The van der Waals surface area contributed by atoms with Gasteiger partial charge < -0.3 is 10.8 Å². The molecule has 1 aromatic rings. The van der Waals surface area contributed by atoms with Crippen LogP contribution >= 0.6 is 46.9 Å². The molecule has 0 saturated heterocycles. The Balaban J connectivity index is 0.00000144. The molecule has 1 heterocycles. The van der Waals surface area contributed by atoms with Crippen molar-refractivity contribution in [2.75, 3.05) is 6.61 Å². The van der Waals surface area contributed by atoms with E-state index in [1.54, 1.807) is 6.07 Å². The summed E-state index contributed by atoms with van der Waals surface area (Å²) in [5.41, 5.74) is 6.54. The first-order valence-electron chi connectivity index (χ1n) is 3.46. The highest BCUT2D eigenvalue weighted by Gasteiger charge is 2.12. The first-order valence-corrected chi connectivity index (χ1v) is 5.03. The summed E-state index contributed by atoms with van der Waals surface area (Å²) in [7, 11) is 0. The largest absolute Gasteiger partial charge is 0.396 e. The molecule has 0 fully saturated rings. The zero-order valence-corrected chi connectivity index (χ0v) is 9.81. The van der Waals surface area contributed by atoms with Crippen LogP contribution in [0.1, 0.15) is 18.0 Å². The monoisotopic (exact) mass is 261 g/mol. The fraction of sp³-hybridized carbons (Fsp3) is 0.429. The molecular formula is C7H10Cl3NOS.